The van der Waals surface area contributed by atoms with Crippen molar-refractivity contribution in [3.63, 3.8) is 0 Å². The van der Waals surface area contributed by atoms with Gasteiger partial charge in [0, 0.05) is 95.5 Å². The second kappa shape index (κ2) is 36.3. The molecule has 0 saturated heterocycles. The highest BCUT2D eigenvalue weighted by Gasteiger charge is 2.45. The Bertz CT molecular complexity index is 8650. The minimum absolute atomic E-state index is 0.448. The van der Waals surface area contributed by atoms with Crippen LogP contribution in [0.1, 0.15) is 0 Å². The molecule has 0 N–H and O–H groups in total. The van der Waals surface area contributed by atoms with E-state index < -0.39 is 42.9 Å². The third kappa shape index (κ3) is 15.1. The van der Waals surface area contributed by atoms with Crippen LogP contribution in [-0.4, -0.2) is 0 Å². The molecule has 684 valence electrons. The molecule has 6 nitrogen and oxygen atoms in total. The molecule has 0 atom stereocenters. The Kier molecular flexibility index (Phi) is 22.6. The van der Waals surface area contributed by atoms with Gasteiger partial charge >= 0.3 is 0 Å². The third-order valence-corrected chi connectivity index (χ3v) is 47.5. The zero-order valence-electron chi connectivity index (χ0n) is 78.1. The summed E-state index contributed by atoms with van der Waals surface area (Å²) in [6.07, 6.45) is 0. The second-order valence-corrected chi connectivity index (χ2v) is 53.6. The Morgan fingerprint density at radius 1 is 0.0903 bits per heavy atom. The van der Waals surface area contributed by atoms with Crippen LogP contribution in [0.2, 0.25) is 0 Å². The number of rotatable bonds is 18. The van der Waals surface area contributed by atoms with Gasteiger partial charge in [0.1, 0.15) is 0 Å². The predicted molar refractivity (Wildman–Crippen MR) is 619 cm³/mol. The highest BCUT2D eigenvalue weighted by atomic mass is 31.2. The van der Waals surface area contributed by atoms with E-state index >= 15 is 27.4 Å². The summed E-state index contributed by atoms with van der Waals surface area (Å²) in [5, 5.41) is 32.9. The van der Waals surface area contributed by atoms with Gasteiger partial charge in [0.2, 0.25) is 0 Å². The Morgan fingerprint density at radius 2 is 0.215 bits per heavy atom. The van der Waals surface area contributed by atoms with Crippen molar-refractivity contribution in [2.75, 3.05) is 0 Å². The molecule has 26 aromatic rings. The van der Waals surface area contributed by atoms with Gasteiger partial charge in [-0.2, -0.15) is 0 Å². The van der Waals surface area contributed by atoms with Crippen molar-refractivity contribution < 1.29 is 27.4 Å². The van der Waals surface area contributed by atoms with Crippen LogP contribution < -0.4 is 95.5 Å². The fourth-order valence-electron chi connectivity index (χ4n) is 21.9. The zero-order valence-corrected chi connectivity index (χ0v) is 83.5. The molecule has 0 amide bonds. The van der Waals surface area contributed by atoms with E-state index in [1.807, 2.05) is 437 Å². The predicted octanol–water partition coefficient (Wildman–Crippen LogP) is 27.0. The smallest absolute Gasteiger partial charge is 0.172 e. The van der Waals surface area contributed by atoms with Crippen molar-refractivity contribution in [3.05, 3.63) is 546 Å². The Hall–Kier alpha value is -15.8. The summed E-state index contributed by atoms with van der Waals surface area (Å²) < 4.78 is 107. The lowest BCUT2D eigenvalue weighted by atomic mass is 10.1. The molecule has 0 unspecified atom stereocenters. The van der Waals surface area contributed by atoms with Gasteiger partial charge in [-0.15, -0.1) is 0 Å². The van der Waals surface area contributed by atoms with Crippen LogP contribution in [0, 0.1) is 0 Å². The monoisotopic (exact) mass is 1960 g/mol. The molecule has 0 fully saturated rings. The highest BCUT2D eigenvalue weighted by Crippen LogP contribution is 2.56. The molecule has 0 bridgehead atoms. The van der Waals surface area contributed by atoms with Gasteiger partial charge in [0.15, 0.2) is 42.9 Å². The van der Waals surface area contributed by atoms with E-state index in [2.05, 4.69) is 109 Å². The molecule has 0 aliphatic rings. The minimum atomic E-state index is -4.06. The molecule has 26 aromatic carbocycles. The van der Waals surface area contributed by atoms with Crippen LogP contribution in [0.15, 0.2) is 546 Å². The summed E-state index contributed by atoms with van der Waals surface area (Å²) in [5.74, 6) is 0. The molecule has 144 heavy (non-hydrogen) atoms. The van der Waals surface area contributed by atoms with E-state index in [0.29, 0.717) is 95.5 Å². The first-order valence-corrected chi connectivity index (χ1v) is 58.6. The van der Waals surface area contributed by atoms with Crippen molar-refractivity contribution in [2.24, 2.45) is 0 Å². The van der Waals surface area contributed by atoms with Crippen LogP contribution >= 0.6 is 42.9 Å². The molecule has 0 heterocycles. The lowest BCUT2D eigenvalue weighted by Crippen LogP contribution is -2.36. The van der Waals surface area contributed by atoms with Crippen molar-refractivity contribution in [3.8, 4) is 0 Å². The average molecular weight is 1960 g/mol. The van der Waals surface area contributed by atoms with Crippen molar-refractivity contribution in [1.82, 2.24) is 0 Å². The summed E-state index contributed by atoms with van der Waals surface area (Å²) in [7, 11) is -24.0. The van der Waals surface area contributed by atoms with E-state index in [1.165, 1.54) is 0 Å². The maximum absolute atomic E-state index is 18.0. The number of hydrogen-bond donors (Lipinski definition) is 0. The second-order valence-electron chi connectivity index (χ2n) is 37.2. The van der Waals surface area contributed by atoms with Crippen molar-refractivity contribution in [1.29, 1.82) is 0 Å². The molecule has 26 rings (SSSR count). The van der Waals surface area contributed by atoms with E-state index in [0.717, 1.165) is 129 Å². The molecule has 0 aliphatic carbocycles. The van der Waals surface area contributed by atoms with Gasteiger partial charge in [-0.05, 0) is 202 Å². The topological polar surface area (TPSA) is 102 Å². The average Bonchev–Trinajstić information content (AvgIpc) is 0.700. The number of benzene rings is 26. The maximum Gasteiger partial charge on any atom is 0.172 e. The normalized spacial score (nSPS) is 12.3. The van der Waals surface area contributed by atoms with Gasteiger partial charge in [-0.25, -0.2) is 0 Å². The number of fused-ring (bicyclic) bond motifs is 12. The SMILES string of the molecule is O=P(c1cc(P(=O)(c2ccc3ccccc3c2)c2ccc3ccccc3c2)cc(P(=O)(c2ccc3ccccc3c2)c2ccc3ccccc3c2)c1)(c1ccc2ccccc2c1)c1ccc2ccccc2c1.O=P(c1cc(P(=O)(c2cccc3ccccc23)c2cccc3ccccc23)cc(P(=O)(c2cccc3ccccc23)c2cccc3ccccc23)c1)(c1cccc2ccccc12)c1cccc2ccccc12. The first-order valence-electron chi connectivity index (χ1n) is 48.4. The lowest BCUT2D eigenvalue weighted by molar-refractivity contribution is 0.591. The molecule has 0 spiro atoms. The van der Waals surface area contributed by atoms with Crippen molar-refractivity contribution >= 4 is 268 Å². The molecular formula is C132H90O6P6. The van der Waals surface area contributed by atoms with Crippen LogP contribution in [-0.2, 0) is 27.4 Å². The van der Waals surface area contributed by atoms with Crippen LogP contribution in [0.25, 0.3) is 129 Å². The number of hydrogen-bond acceptors (Lipinski definition) is 6. The fraction of sp³-hybridized carbons (Fsp3) is 0. The van der Waals surface area contributed by atoms with Gasteiger partial charge in [0.25, 0.3) is 0 Å². The fourth-order valence-corrected chi connectivity index (χ4v) is 40.2. The summed E-state index contributed by atoms with van der Waals surface area (Å²) >= 11 is 0. The Morgan fingerprint density at radius 3 is 0.375 bits per heavy atom. The first kappa shape index (κ1) is 89.6. The molecule has 12 heteroatoms. The molecule has 0 radical (unpaired) electrons. The van der Waals surface area contributed by atoms with Crippen molar-refractivity contribution in [2.45, 2.75) is 0 Å². The van der Waals surface area contributed by atoms with Crippen LogP contribution in [0.3, 0.4) is 0 Å². The molecule has 0 aliphatic heterocycles. The molecular weight excluding hydrogens is 1870 g/mol. The zero-order chi connectivity index (χ0) is 96.9. The maximum atomic E-state index is 18.0. The van der Waals surface area contributed by atoms with Crippen LogP contribution in [0.4, 0.5) is 0 Å². The Balaban J connectivity index is 0.000000151. The van der Waals surface area contributed by atoms with E-state index in [9.17, 15) is 0 Å². The molecule has 0 aromatic heterocycles. The van der Waals surface area contributed by atoms with E-state index in [1.54, 1.807) is 0 Å². The summed E-state index contributed by atoms with van der Waals surface area (Å²) in [5.41, 5.74) is 0. The Labute approximate surface area is 834 Å². The largest absolute Gasteiger partial charge is 0.309 e. The lowest BCUT2D eigenvalue weighted by Gasteiger charge is -2.30. The summed E-state index contributed by atoms with van der Waals surface area (Å²) in [6, 6.07) is 181. The minimum Gasteiger partial charge on any atom is -0.309 e. The summed E-state index contributed by atoms with van der Waals surface area (Å²) in [6.45, 7) is 0. The molecule has 0 saturated carbocycles. The summed E-state index contributed by atoms with van der Waals surface area (Å²) in [4.78, 5) is 0. The van der Waals surface area contributed by atoms with Gasteiger partial charge in [-0.3, -0.25) is 0 Å². The van der Waals surface area contributed by atoms with E-state index in [-0.39, 0.29) is 0 Å². The van der Waals surface area contributed by atoms with Crippen LogP contribution in [0.5, 0.6) is 0 Å². The van der Waals surface area contributed by atoms with Gasteiger partial charge < -0.3 is 27.4 Å². The standard InChI is InChI=1S/2C66H45O3P3/c67-70(61-37-13-25-46-19-1-7-31-55(46)61,62-38-14-26-47-20-2-8-32-56(47)62)52-43-53(71(68,63-39-15-27-48-21-3-9-33-57(48)63)64-40-16-28-49-22-4-10-34-58(49)64)45-54(44-52)72(69,65-41-17-29-50-23-5-11-35-59(50)65)66-42-18-30-51-24-6-12-36-60(51)66;67-70(58-31-25-46-13-1-7-19-52(46)37-58,59-32-26-47-14-2-8-20-53(47)38-59)64-43-65(71(68,60-33-27-48-15-3-9-21-54(48)39-60)61-34-28-49-16-4-10-22-55(49)40-61)45-66(44-64)72(69,62-35-29-50-17-5-11-23-56(50)41-62)63-36-30-51-18-6-12-24-57(51)42-63/h2*1-45H. The quantitative estimate of drug-likeness (QED) is 0.0793. The van der Waals surface area contributed by atoms with Gasteiger partial charge in [-0.1, -0.05) is 473 Å². The van der Waals surface area contributed by atoms with E-state index in [4.69, 9.17) is 0 Å². The highest BCUT2D eigenvalue weighted by molar-refractivity contribution is 7.90. The van der Waals surface area contributed by atoms with Gasteiger partial charge in [0.05, 0.1) is 0 Å². The first-order chi connectivity index (χ1) is 70.6. The third-order valence-electron chi connectivity index (χ3n) is 29.2.